The largest absolute Gasteiger partial charge is 0.377 e. The Labute approximate surface area is 207 Å². The Morgan fingerprint density at radius 3 is 1.61 bits per heavy atom. The molecule has 4 unspecified atom stereocenters. The van der Waals surface area contributed by atoms with E-state index in [2.05, 4.69) is 12.2 Å². The maximum Gasteiger partial charge on any atom is 0.220 e. The highest BCUT2D eigenvalue weighted by Crippen LogP contribution is 2.23. The van der Waals surface area contributed by atoms with E-state index in [1.807, 2.05) is 27.7 Å². The molecule has 0 aromatic heterocycles. The van der Waals surface area contributed by atoms with Crippen LogP contribution in [0.1, 0.15) is 125 Å². The van der Waals surface area contributed by atoms with Gasteiger partial charge in [-0.05, 0) is 6.42 Å². The number of rotatable bonds is 18. The van der Waals surface area contributed by atoms with Gasteiger partial charge in [0.15, 0.2) is 0 Å². The summed E-state index contributed by atoms with van der Waals surface area (Å²) in [6.45, 7) is 10.7. The van der Waals surface area contributed by atoms with Crippen LogP contribution in [-0.2, 0) is 19.0 Å². The van der Waals surface area contributed by atoms with E-state index in [1.165, 1.54) is 70.6 Å². The van der Waals surface area contributed by atoms with Gasteiger partial charge in [-0.25, -0.2) is 0 Å². The predicted molar refractivity (Wildman–Crippen MR) is 142 cm³/mol. The molecule has 1 amide bonds. The van der Waals surface area contributed by atoms with Crippen molar-refractivity contribution in [3.8, 4) is 0 Å². The van der Waals surface area contributed by atoms with E-state index in [1.54, 1.807) is 14.2 Å². The third-order valence-corrected chi connectivity index (χ3v) is 5.90. The van der Waals surface area contributed by atoms with Crippen LogP contribution < -0.4 is 5.32 Å². The fourth-order valence-corrected chi connectivity index (χ4v) is 4.08. The molecule has 1 rings (SSSR count). The summed E-state index contributed by atoms with van der Waals surface area (Å²) in [5.41, 5.74) is 0. The van der Waals surface area contributed by atoms with Crippen molar-refractivity contribution < 1.29 is 19.0 Å². The van der Waals surface area contributed by atoms with Crippen LogP contribution in [0.3, 0.4) is 0 Å². The van der Waals surface area contributed by atoms with Gasteiger partial charge in [-0.3, -0.25) is 4.79 Å². The fourth-order valence-electron chi connectivity index (χ4n) is 4.08. The Kier molecular flexibility index (Phi) is 27.3. The second-order valence-electron chi connectivity index (χ2n) is 8.34. The molecular formula is C27H56BNO4. The molecule has 1 aliphatic heterocycles. The van der Waals surface area contributed by atoms with Crippen molar-refractivity contribution in [1.29, 1.82) is 0 Å². The number of amides is 1. The first-order valence-electron chi connectivity index (χ1n) is 13.9. The highest BCUT2D eigenvalue weighted by Gasteiger charge is 2.42. The van der Waals surface area contributed by atoms with Crippen LogP contribution in [0.5, 0.6) is 0 Å². The van der Waals surface area contributed by atoms with Crippen LogP contribution in [-0.4, -0.2) is 58.8 Å². The number of unbranched alkanes of at least 4 members (excludes halogenated alkanes) is 12. The number of nitrogens with one attached hydrogen (secondary N) is 1. The van der Waals surface area contributed by atoms with E-state index in [0.29, 0.717) is 13.0 Å². The number of methoxy groups -OCH3 is 2. The Morgan fingerprint density at radius 1 is 0.758 bits per heavy atom. The summed E-state index contributed by atoms with van der Waals surface area (Å²) in [5, 5.41) is 2.94. The van der Waals surface area contributed by atoms with E-state index in [-0.39, 0.29) is 24.2 Å². The lowest BCUT2D eigenvalue weighted by Crippen LogP contribution is -2.41. The lowest BCUT2D eigenvalue weighted by atomic mass is 9.93. The Bertz CT molecular complexity index is 412. The van der Waals surface area contributed by atoms with Gasteiger partial charge in [0.25, 0.3) is 0 Å². The number of hydrogen-bond donors (Lipinski definition) is 1. The summed E-state index contributed by atoms with van der Waals surface area (Å²) in [6, 6.07) is -0.520. The molecule has 0 saturated carbocycles. The van der Waals surface area contributed by atoms with E-state index in [4.69, 9.17) is 22.1 Å². The smallest absolute Gasteiger partial charge is 0.220 e. The molecule has 5 nitrogen and oxygen atoms in total. The molecule has 1 aliphatic rings. The molecule has 2 radical (unpaired) electrons. The van der Waals surface area contributed by atoms with E-state index >= 15 is 0 Å². The van der Waals surface area contributed by atoms with Gasteiger partial charge in [0, 0.05) is 33.2 Å². The second kappa shape index (κ2) is 26.0. The third-order valence-electron chi connectivity index (χ3n) is 5.90. The zero-order chi connectivity index (χ0) is 25.3. The highest BCUT2D eigenvalue weighted by molar-refractivity contribution is 6.11. The first kappa shape index (κ1) is 34.6. The van der Waals surface area contributed by atoms with Gasteiger partial charge in [0.2, 0.25) is 5.91 Å². The molecule has 0 aromatic carbocycles. The summed E-state index contributed by atoms with van der Waals surface area (Å²) < 4.78 is 16.4. The van der Waals surface area contributed by atoms with Crippen LogP contribution in [0, 0.1) is 0 Å². The van der Waals surface area contributed by atoms with E-state index in [9.17, 15) is 4.79 Å². The van der Waals surface area contributed by atoms with Crippen molar-refractivity contribution >= 4 is 13.8 Å². The van der Waals surface area contributed by atoms with Gasteiger partial charge in [0.05, 0.1) is 0 Å². The van der Waals surface area contributed by atoms with Gasteiger partial charge in [-0.1, -0.05) is 112 Å². The quantitative estimate of drug-likeness (QED) is 0.182. The average Bonchev–Trinajstić information content (AvgIpc) is 3.17. The molecule has 1 N–H and O–H groups in total. The van der Waals surface area contributed by atoms with Crippen molar-refractivity contribution in [2.45, 2.75) is 149 Å². The summed E-state index contributed by atoms with van der Waals surface area (Å²) in [4.78, 5) is 12.1. The molecule has 33 heavy (non-hydrogen) atoms. The van der Waals surface area contributed by atoms with Gasteiger partial charge >= 0.3 is 0 Å². The van der Waals surface area contributed by atoms with Crippen molar-refractivity contribution in [1.82, 2.24) is 5.32 Å². The van der Waals surface area contributed by atoms with Gasteiger partial charge < -0.3 is 19.5 Å². The normalized spacial score (nSPS) is 21.5. The van der Waals surface area contributed by atoms with Gasteiger partial charge in [0.1, 0.15) is 26.2 Å². The third kappa shape index (κ3) is 17.5. The molecule has 0 aromatic rings. The summed E-state index contributed by atoms with van der Waals surface area (Å²) in [5.74, 6) is 0.0703. The predicted octanol–water partition coefficient (Wildman–Crippen LogP) is 6.56. The topological polar surface area (TPSA) is 56.8 Å². The zero-order valence-corrected chi connectivity index (χ0v) is 23.1. The van der Waals surface area contributed by atoms with Gasteiger partial charge in [-0.15, -0.1) is 0 Å². The van der Waals surface area contributed by atoms with Crippen molar-refractivity contribution in [2.75, 3.05) is 20.8 Å². The number of carbonyl (C=O) groups excluding carboxylic acids is 1. The highest BCUT2D eigenvalue weighted by atomic mass is 16.6. The minimum atomic E-state index is -0.520. The van der Waals surface area contributed by atoms with Gasteiger partial charge in [-0.2, -0.15) is 0 Å². The molecule has 0 bridgehead atoms. The number of hydrogen-bond acceptors (Lipinski definition) is 4. The molecule has 1 saturated heterocycles. The van der Waals surface area contributed by atoms with E-state index in [0.717, 1.165) is 12.8 Å². The van der Waals surface area contributed by atoms with Crippen LogP contribution in [0.25, 0.3) is 0 Å². The Morgan fingerprint density at radius 2 is 1.18 bits per heavy atom. The van der Waals surface area contributed by atoms with Crippen LogP contribution >= 0.6 is 0 Å². The SMILES string of the molecule is CC.CC.[B]C1OC(CNC(=O)CCCCCCCCCCCCCCC)C(OC)C1OC. The summed E-state index contributed by atoms with van der Waals surface area (Å²) >= 11 is 0. The maximum atomic E-state index is 12.1. The maximum absolute atomic E-state index is 12.1. The fraction of sp³-hybridized carbons (Fsp3) is 0.963. The standard InChI is InChI=1S/C23H44BNO4.2C2H6/c1-4-5-6-7-8-9-10-11-12-13-14-15-16-17-20(26)25-18-19-21(27-2)22(28-3)23(24)29-19;2*1-2/h19,21-23H,4-18H2,1-3H3,(H,25,26);2*1-2H3. The lowest BCUT2D eigenvalue weighted by Gasteiger charge is -2.21. The molecule has 0 spiro atoms. The summed E-state index contributed by atoms with van der Waals surface area (Å²) in [6.07, 6.45) is 16.8. The Hall–Kier alpha value is -0.585. The van der Waals surface area contributed by atoms with Crippen molar-refractivity contribution in [3.05, 3.63) is 0 Å². The average molecular weight is 470 g/mol. The molecule has 1 heterocycles. The Balaban J connectivity index is 0. The molecule has 6 heteroatoms. The van der Waals surface area contributed by atoms with Crippen molar-refractivity contribution in [3.63, 3.8) is 0 Å². The van der Waals surface area contributed by atoms with E-state index < -0.39 is 6.00 Å². The first-order chi connectivity index (χ1) is 16.1. The minimum absolute atomic E-state index is 0.0703. The first-order valence-corrected chi connectivity index (χ1v) is 13.9. The van der Waals surface area contributed by atoms with Crippen LogP contribution in [0.15, 0.2) is 0 Å². The molecular weight excluding hydrogens is 413 g/mol. The molecule has 196 valence electrons. The molecule has 4 atom stereocenters. The lowest BCUT2D eigenvalue weighted by molar-refractivity contribution is -0.122. The molecule has 1 fully saturated rings. The summed E-state index contributed by atoms with van der Waals surface area (Å²) in [7, 11) is 9.11. The number of ether oxygens (including phenoxy) is 3. The number of carbonyl (C=O) groups is 1. The van der Waals surface area contributed by atoms with Crippen molar-refractivity contribution in [2.24, 2.45) is 0 Å². The second-order valence-corrected chi connectivity index (χ2v) is 8.34. The zero-order valence-electron chi connectivity index (χ0n) is 23.1. The van der Waals surface area contributed by atoms with Crippen LogP contribution in [0.2, 0.25) is 0 Å². The van der Waals surface area contributed by atoms with Crippen LogP contribution in [0.4, 0.5) is 0 Å². The minimum Gasteiger partial charge on any atom is -0.377 e. The molecule has 0 aliphatic carbocycles. The monoisotopic (exact) mass is 469 g/mol.